The Morgan fingerprint density at radius 2 is 1.54 bits per heavy atom. The molecule has 2 saturated heterocycles. The molecule has 0 spiro atoms. The number of carbonyl (C=O) groups is 2. The van der Waals surface area contributed by atoms with Gasteiger partial charge in [0.1, 0.15) is 23.9 Å². The van der Waals surface area contributed by atoms with Crippen molar-refractivity contribution in [3.05, 3.63) is 119 Å². The van der Waals surface area contributed by atoms with E-state index in [2.05, 4.69) is 9.88 Å². The smallest absolute Gasteiger partial charge is 0.416 e. The number of aryl methyl sites for hydroxylation is 1. The first kappa shape index (κ1) is 43.3. The number of benzene rings is 3. The third-order valence-corrected chi connectivity index (χ3v) is 9.27. The van der Waals surface area contributed by atoms with Crippen LogP contribution in [-0.4, -0.2) is 91.8 Å². The van der Waals surface area contributed by atoms with Crippen LogP contribution in [0.15, 0.2) is 91.3 Å². The molecule has 0 bridgehead atoms. The summed E-state index contributed by atoms with van der Waals surface area (Å²) in [5.74, 6) is 0.0465. The zero-order chi connectivity index (χ0) is 40.9. The fourth-order valence-electron chi connectivity index (χ4n) is 6.35. The zero-order valence-corrected chi connectivity index (χ0v) is 30.8. The third kappa shape index (κ3) is 12.3. The predicted octanol–water partition coefficient (Wildman–Crippen LogP) is 7.58. The van der Waals surface area contributed by atoms with Gasteiger partial charge < -0.3 is 29.3 Å². The lowest BCUT2D eigenvalue weighted by molar-refractivity contribution is -0.140. The molecule has 3 heterocycles. The Kier molecular flexibility index (Phi) is 15.5. The summed E-state index contributed by atoms with van der Waals surface area (Å²) in [5.41, 5.74) is 0.744. The van der Waals surface area contributed by atoms with Gasteiger partial charge >= 0.3 is 12.4 Å². The van der Waals surface area contributed by atoms with E-state index in [1.165, 1.54) is 25.3 Å². The molecule has 16 heteroatoms. The minimum Gasteiger partial charge on any atom is -0.508 e. The summed E-state index contributed by atoms with van der Waals surface area (Å²) in [6, 6.07) is 18.9. The zero-order valence-electron chi connectivity index (χ0n) is 30.8. The van der Waals surface area contributed by atoms with Crippen LogP contribution in [-0.2, 0) is 26.7 Å². The summed E-state index contributed by atoms with van der Waals surface area (Å²) < 4.78 is 96.0. The van der Waals surface area contributed by atoms with Gasteiger partial charge in [0.15, 0.2) is 0 Å². The Labute approximate surface area is 320 Å². The molecule has 0 radical (unpaired) electrons. The minimum atomic E-state index is -4.33. The van der Waals surface area contributed by atoms with Crippen LogP contribution in [0, 0.1) is 18.7 Å². The van der Waals surface area contributed by atoms with E-state index in [0.717, 1.165) is 59.9 Å². The van der Waals surface area contributed by atoms with Crippen LogP contribution < -0.4 is 9.64 Å². The van der Waals surface area contributed by atoms with Crippen LogP contribution in [0.2, 0.25) is 0 Å². The third-order valence-electron chi connectivity index (χ3n) is 9.27. The molecule has 2 atom stereocenters. The summed E-state index contributed by atoms with van der Waals surface area (Å²) in [6.07, 6.45) is -4.74. The van der Waals surface area contributed by atoms with E-state index in [1.54, 1.807) is 24.1 Å². The number of hydrogen-bond donors (Lipinski definition) is 1. The van der Waals surface area contributed by atoms with Gasteiger partial charge in [0, 0.05) is 58.8 Å². The topological polar surface area (TPSA) is 95.4 Å². The highest BCUT2D eigenvalue weighted by Crippen LogP contribution is 2.36. The van der Waals surface area contributed by atoms with Gasteiger partial charge in [-0.2, -0.15) is 26.3 Å². The van der Waals surface area contributed by atoms with Gasteiger partial charge in [0.2, 0.25) is 12.3 Å². The number of carbonyl (C=O) groups excluding carboxylic acids is 2. The van der Waals surface area contributed by atoms with E-state index in [-0.39, 0.29) is 34.9 Å². The molecule has 2 fully saturated rings. The number of anilines is 1. The normalized spacial score (nSPS) is 17.2. The molecule has 1 aromatic heterocycles. The Morgan fingerprint density at radius 1 is 0.875 bits per heavy atom. The molecule has 0 saturated carbocycles. The summed E-state index contributed by atoms with van der Waals surface area (Å²) in [4.78, 5) is 34.4. The first-order chi connectivity index (χ1) is 26.6. The molecule has 2 amide bonds. The highest BCUT2D eigenvalue weighted by Gasteiger charge is 2.38. The molecule has 1 N–H and O–H groups in total. The van der Waals surface area contributed by atoms with Crippen LogP contribution >= 0.6 is 0 Å². The van der Waals surface area contributed by atoms with E-state index >= 15 is 0 Å². The van der Waals surface area contributed by atoms with E-state index in [1.807, 2.05) is 29.2 Å². The van der Waals surface area contributed by atoms with Crippen molar-refractivity contribution < 1.29 is 54.9 Å². The van der Waals surface area contributed by atoms with Crippen molar-refractivity contribution in [3.63, 3.8) is 0 Å². The van der Waals surface area contributed by atoms with E-state index in [9.17, 15) is 40.3 Å². The summed E-state index contributed by atoms with van der Waals surface area (Å²) in [5, 5.41) is 8.66. The summed E-state index contributed by atoms with van der Waals surface area (Å²) in [6.45, 7) is 5.96. The number of alkyl halides is 6. The molecule has 2 aliphatic heterocycles. The number of piperidine rings is 1. The lowest BCUT2D eigenvalue weighted by Crippen LogP contribution is -2.54. The molecular formula is C40H43F7N4O5. The quantitative estimate of drug-likeness (QED) is 0.112. The van der Waals surface area contributed by atoms with Gasteiger partial charge in [-0.05, 0) is 85.0 Å². The van der Waals surface area contributed by atoms with Crippen molar-refractivity contribution in [2.24, 2.45) is 5.92 Å². The van der Waals surface area contributed by atoms with Crippen molar-refractivity contribution in [3.8, 4) is 11.5 Å². The van der Waals surface area contributed by atoms with E-state index in [4.69, 9.17) is 14.6 Å². The molecule has 56 heavy (non-hydrogen) atoms. The van der Waals surface area contributed by atoms with Gasteiger partial charge in [-0.25, -0.2) is 4.39 Å². The Balaban J connectivity index is 0.000000256. The number of halogens is 7. The lowest BCUT2D eigenvalue weighted by atomic mass is 9.79. The average molecular weight is 793 g/mol. The number of likely N-dealkylation sites (tertiary alicyclic amines) is 1. The van der Waals surface area contributed by atoms with Gasteiger partial charge in [-0.15, -0.1) is 0 Å². The Morgan fingerprint density at radius 3 is 2.11 bits per heavy atom. The lowest BCUT2D eigenvalue weighted by Gasteiger charge is -2.42. The fraction of sp³-hybridized carbons (Fsp3) is 0.375. The number of para-hydroxylation sites is 2. The monoisotopic (exact) mass is 792 g/mol. The van der Waals surface area contributed by atoms with Gasteiger partial charge in [-0.3, -0.25) is 14.6 Å². The second-order valence-electron chi connectivity index (χ2n) is 13.0. The highest BCUT2D eigenvalue weighted by molar-refractivity contribution is 5.81. The number of hydrogen-bond acceptors (Lipinski definition) is 7. The predicted molar refractivity (Wildman–Crippen MR) is 195 cm³/mol. The largest absolute Gasteiger partial charge is 0.508 e. The highest BCUT2D eigenvalue weighted by atomic mass is 19.4. The van der Waals surface area contributed by atoms with Crippen LogP contribution in [0.1, 0.15) is 34.6 Å². The maximum atomic E-state index is 13.6. The number of piperazine rings is 1. The Bertz CT molecular complexity index is 1830. The average Bonchev–Trinajstić information content (AvgIpc) is 3.18. The van der Waals surface area contributed by atoms with Crippen LogP contribution in [0.5, 0.6) is 11.5 Å². The number of nitrogens with zero attached hydrogens (tertiary/aromatic N) is 4. The molecule has 9 nitrogen and oxygen atoms in total. The molecule has 2 aliphatic rings. The Hall–Kier alpha value is -5.38. The first-order valence-corrected chi connectivity index (χ1v) is 17.7. The number of amides is 2. The summed E-state index contributed by atoms with van der Waals surface area (Å²) >= 11 is 0. The summed E-state index contributed by atoms with van der Waals surface area (Å²) in [7, 11) is 1.65. The number of rotatable bonds is 8. The standard InChI is InChI=1S/C26H32FN3O4.C7H6F3N.C7H5F3O/c1-33-16-17-34-25-5-3-2-4-24(25)29-12-14-30(15-13-29)26(32)23-18-28(19-31)11-10-22(23)20-6-8-21(27)9-7-20;1-5-4-11-3-2-6(5)7(8,9)10;8-7(9,10)5-1-3-6(11)4-2-5/h2-9,19,22-23H,10-18H2,1H3;2-4H,1H3;1-4,11H. The van der Waals surface area contributed by atoms with Crippen LogP contribution in [0.4, 0.5) is 36.4 Å². The van der Waals surface area contributed by atoms with Crippen molar-refractivity contribution >= 4 is 18.0 Å². The number of aromatic hydroxyl groups is 1. The number of ether oxygens (including phenoxy) is 2. The van der Waals surface area contributed by atoms with Gasteiger partial charge in [0.25, 0.3) is 0 Å². The van der Waals surface area contributed by atoms with Crippen molar-refractivity contribution in [1.29, 1.82) is 0 Å². The van der Waals surface area contributed by atoms with Crippen molar-refractivity contribution in [2.45, 2.75) is 31.6 Å². The maximum absolute atomic E-state index is 13.6. The molecule has 302 valence electrons. The fourth-order valence-corrected chi connectivity index (χ4v) is 6.35. The molecule has 2 unspecified atom stereocenters. The number of phenols is 1. The molecular weight excluding hydrogens is 749 g/mol. The van der Waals surface area contributed by atoms with Crippen molar-refractivity contribution in [1.82, 2.24) is 14.8 Å². The number of phenolic OH excluding ortho intramolecular Hbond substituents is 1. The van der Waals surface area contributed by atoms with Gasteiger partial charge in [-0.1, -0.05) is 24.3 Å². The van der Waals surface area contributed by atoms with Crippen LogP contribution in [0.25, 0.3) is 0 Å². The SMILES string of the molecule is COCCOc1ccccc1N1CCN(C(=O)C2CN(C=O)CCC2c2ccc(F)cc2)CC1.Cc1cnccc1C(F)(F)F.Oc1ccc(C(F)(F)F)cc1. The molecule has 0 aliphatic carbocycles. The van der Waals surface area contributed by atoms with E-state index in [0.29, 0.717) is 58.9 Å². The second-order valence-corrected chi connectivity index (χ2v) is 13.0. The number of methoxy groups -OCH3 is 1. The van der Waals surface area contributed by atoms with Crippen LogP contribution in [0.3, 0.4) is 0 Å². The first-order valence-electron chi connectivity index (χ1n) is 17.7. The number of aromatic nitrogens is 1. The molecule has 4 aromatic rings. The van der Waals surface area contributed by atoms with E-state index < -0.39 is 23.5 Å². The van der Waals surface area contributed by atoms with Gasteiger partial charge in [0.05, 0.1) is 29.3 Å². The minimum absolute atomic E-state index is 0.0303. The van der Waals surface area contributed by atoms with Crippen molar-refractivity contribution in [2.75, 3.05) is 64.5 Å². The maximum Gasteiger partial charge on any atom is 0.416 e. The molecule has 6 rings (SSSR count). The number of pyridine rings is 1. The molecule has 3 aromatic carbocycles. The second kappa shape index (κ2) is 20.0.